The van der Waals surface area contributed by atoms with E-state index in [4.69, 9.17) is 33.2 Å². The van der Waals surface area contributed by atoms with Crippen LogP contribution in [0.5, 0.6) is 0 Å². The molecule has 1 aromatic rings. The van der Waals surface area contributed by atoms with Crippen molar-refractivity contribution in [3.05, 3.63) is 35.9 Å². The number of rotatable bonds is 13. The molecule has 2 rings (SSSR count). The first-order valence-corrected chi connectivity index (χ1v) is 12.7. The maximum Gasteiger partial charge on any atom is 0.350 e. The summed E-state index contributed by atoms with van der Waals surface area (Å²) in [6, 6.07) is 8.63. The third kappa shape index (κ3) is 7.54. The van der Waals surface area contributed by atoms with E-state index in [0.717, 1.165) is 20.8 Å². The second kappa shape index (κ2) is 14.0. The number of hydrogen-bond donors (Lipinski definition) is 0. The van der Waals surface area contributed by atoms with Gasteiger partial charge in [-0.2, -0.15) is 0 Å². The highest BCUT2D eigenvalue weighted by molar-refractivity contribution is 6.04. The van der Waals surface area contributed by atoms with Crippen LogP contribution in [-0.2, 0) is 63.6 Å². The van der Waals surface area contributed by atoms with Crippen LogP contribution in [0.3, 0.4) is 0 Å². The number of carbonyl (C=O) groups excluding carboxylic acids is 5. The van der Waals surface area contributed by atoms with Crippen LogP contribution in [0.2, 0.25) is 0 Å². The Morgan fingerprint density at radius 2 is 1.41 bits per heavy atom. The summed E-state index contributed by atoms with van der Waals surface area (Å²) in [6.45, 7) is 7.57. The lowest BCUT2D eigenvalue weighted by Crippen LogP contribution is -2.58. The monoisotopic (exact) mass is 552 g/mol. The van der Waals surface area contributed by atoms with Crippen LogP contribution < -0.4 is 0 Å². The van der Waals surface area contributed by atoms with Gasteiger partial charge in [-0.3, -0.25) is 14.4 Å². The van der Waals surface area contributed by atoms with Crippen LogP contribution in [0.1, 0.15) is 53.5 Å². The van der Waals surface area contributed by atoms with Crippen molar-refractivity contribution in [2.24, 2.45) is 0 Å². The van der Waals surface area contributed by atoms with Crippen molar-refractivity contribution >= 4 is 29.8 Å². The molecule has 0 bridgehead atoms. The van der Waals surface area contributed by atoms with Crippen LogP contribution in [0.25, 0.3) is 0 Å². The minimum absolute atomic E-state index is 0.0286. The number of hydrogen-bond acceptors (Lipinski definition) is 12. The second-order valence-corrected chi connectivity index (χ2v) is 8.78. The SMILES string of the molecule is CCOC(=O)C(Cc1ccccc1)(OC[C@H]1OC(OC(C)=O)[C@H](OC(C)=O)[C@]1(CC)OC(C)=O)C(=O)OCC. The number of ether oxygens (including phenoxy) is 7. The van der Waals surface area contributed by atoms with Gasteiger partial charge < -0.3 is 33.2 Å². The van der Waals surface area contributed by atoms with Crippen LogP contribution in [0.15, 0.2) is 30.3 Å². The number of esters is 5. The molecule has 1 aliphatic heterocycles. The molecule has 12 nitrogen and oxygen atoms in total. The standard InChI is InChI=1S/C27H36O12/c1-7-26(39-19(6)30)21(38-23(37-18(5)29)22(26)36-17(4)28)16-35-27(24(31)33-8-2,25(32)34-9-3)15-20-13-11-10-12-14-20/h10-14,21-23H,7-9,15-16H2,1-6H3/t21-,22+,23?,26-/m1/s1. The highest BCUT2D eigenvalue weighted by Crippen LogP contribution is 2.41. The van der Waals surface area contributed by atoms with Gasteiger partial charge >= 0.3 is 29.8 Å². The Balaban J connectivity index is 2.58. The van der Waals surface area contributed by atoms with E-state index in [-0.39, 0.29) is 26.1 Å². The average molecular weight is 553 g/mol. The second-order valence-electron chi connectivity index (χ2n) is 8.78. The minimum Gasteiger partial charge on any atom is -0.463 e. The summed E-state index contributed by atoms with van der Waals surface area (Å²) < 4.78 is 38.7. The summed E-state index contributed by atoms with van der Waals surface area (Å²) >= 11 is 0. The van der Waals surface area contributed by atoms with Gasteiger partial charge in [0.1, 0.15) is 6.10 Å². The predicted molar refractivity (Wildman–Crippen MR) is 133 cm³/mol. The summed E-state index contributed by atoms with van der Waals surface area (Å²) in [5.41, 5.74) is -3.38. The lowest BCUT2D eigenvalue weighted by molar-refractivity contribution is -0.207. The van der Waals surface area contributed by atoms with E-state index in [2.05, 4.69) is 0 Å². The van der Waals surface area contributed by atoms with Crippen molar-refractivity contribution in [3.63, 3.8) is 0 Å². The Hall–Kier alpha value is -3.51. The molecule has 1 aliphatic rings. The summed E-state index contributed by atoms with van der Waals surface area (Å²) in [7, 11) is 0. The molecule has 1 unspecified atom stereocenters. The molecular formula is C27H36O12. The fourth-order valence-electron chi connectivity index (χ4n) is 4.42. The largest absolute Gasteiger partial charge is 0.463 e. The number of benzene rings is 1. The molecule has 0 aromatic heterocycles. The van der Waals surface area contributed by atoms with Gasteiger partial charge in [-0.1, -0.05) is 37.3 Å². The van der Waals surface area contributed by atoms with Gasteiger partial charge in [0.05, 0.1) is 19.8 Å². The van der Waals surface area contributed by atoms with Gasteiger partial charge in [-0.15, -0.1) is 0 Å². The van der Waals surface area contributed by atoms with Crippen molar-refractivity contribution in [2.45, 2.75) is 84.1 Å². The predicted octanol–water partition coefficient (Wildman–Crippen LogP) is 2.04. The topological polar surface area (TPSA) is 150 Å². The van der Waals surface area contributed by atoms with Crippen molar-refractivity contribution in [3.8, 4) is 0 Å². The van der Waals surface area contributed by atoms with Gasteiger partial charge in [-0.05, 0) is 25.8 Å². The maximum atomic E-state index is 13.3. The fraction of sp³-hybridized carbons (Fsp3) is 0.593. The molecule has 0 amide bonds. The zero-order valence-corrected chi connectivity index (χ0v) is 23.1. The smallest absolute Gasteiger partial charge is 0.350 e. The molecule has 39 heavy (non-hydrogen) atoms. The van der Waals surface area contributed by atoms with Gasteiger partial charge in [0.2, 0.25) is 12.4 Å². The van der Waals surface area contributed by atoms with Gasteiger partial charge in [0.25, 0.3) is 5.60 Å². The third-order valence-corrected chi connectivity index (χ3v) is 6.02. The highest BCUT2D eigenvalue weighted by Gasteiger charge is 2.63. The Morgan fingerprint density at radius 3 is 1.87 bits per heavy atom. The van der Waals surface area contributed by atoms with Crippen LogP contribution in [0, 0.1) is 0 Å². The first-order chi connectivity index (χ1) is 18.4. The quantitative estimate of drug-likeness (QED) is 0.200. The summed E-state index contributed by atoms with van der Waals surface area (Å²) in [5, 5.41) is 0. The fourth-order valence-corrected chi connectivity index (χ4v) is 4.42. The number of carbonyl (C=O) groups is 5. The van der Waals surface area contributed by atoms with E-state index in [1.54, 1.807) is 51.1 Å². The van der Waals surface area contributed by atoms with E-state index in [1.807, 2.05) is 0 Å². The lowest BCUT2D eigenvalue weighted by atomic mass is 9.88. The van der Waals surface area contributed by atoms with E-state index in [0.29, 0.717) is 5.56 Å². The van der Waals surface area contributed by atoms with Gasteiger partial charge in [0, 0.05) is 27.2 Å². The maximum absolute atomic E-state index is 13.3. The molecule has 0 saturated carbocycles. The molecule has 0 radical (unpaired) electrons. The van der Waals surface area contributed by atoms with Gasteiger partial charge in [-0.25, -0.2) is 9.59 Å². The third-order valence-electron chi connectivity index (χ3n) is 6.02. The Bertz CT molecular complexity index is 1000. The molecule has 4 atom stereocenters. The molecule has 0 N–H and O–H groups in total. The van der Waals surface area contributed by atoms with Crippen LogP contribution >= 0.6 is 0 Å². The van der Waals surface area contributed by atoms with E-state index in [1.165, 1.54) is 0 Å². The first-order valence-electron chi connectivity index (χ1n) is 12.7. The Labute approximate surface area is 227 Å². The van der Waals surface area contributed by atoms with Crippen molar-refractivity contribution in [2.75, 3.05) is 19.8 Å². The van der Waals surface area contributed by atoms with Crippen LogP contribution in [0.4, 0.5) is 0 Å². The zero-order valence-electron chi connectivity index (χ0n) is 23.1. The van der Waals surface area contributed by atoms with E-state index >= 15 is 0 Å². The Kier molecular flexibility index (Phi) is 11.4. The molecule has 0 aliphatic carbocycles. The molecule has 12 heteroatoms. The normalized spacial score (nSPS) is 22.5. The average Bonchev–Trinajstić information content (AvgIpc) is 3.13. The molecule has 1 saturated heterocycles. The summed E-state index contributed by atoms with van der Waals surface area (Å²) in [4.78, 5) is 62.6. The Morgan fingerprint density at radius 1 is 0.846 bits per heavy atom. The van der Waals surface area contributed by atoms with Crippen LogP contribution in [-0.4, -0.2) is 79.4 Å². The summed E-state index contributed by atoms with van der Waals surface area (Å²) in [6.07, 6.45) is -4.30. The molecule has 1 fully saturated rings. The molecular weight excluding hydrogens is 516 g/mol. The first kappa shape index (κ1) is 31.7. The molecule has 1 aromatic carbocycles. The van der Waals surface area contributed by atoms with Gasteiger partial charge in [0.15, 0.2) is 5.60 Å². The molecule has 0 spiro atoms. The minimum atomic E-state index is -2.26. The highest BCUT2D eigenvalue weighted by atomic mass is 16.8. The van der Waals surface area contributed by atoms with Crippen molar-refractivity contribution in [1.29, 1.82) is 0 Å². The molecule has 1 heterocycles. The lowest BCUT2D eigenvalue weighted by Gasteiger charge is -2.37. The van der Waals surface area contributed by atoms with E-state index in [9.17, 15) is 24.0 Å². The molecule has 216 valence electrons. The zero-order chi connectivity index (χ0) is 29.2. The van der Waals surface area contributed by atoms with Crippen molar-refractivity contribution < 1.29 is 57.1 Å². The van der Waals surface area contributed by atoms with Crippen molar-refractivity contribution in [1.82, 2.24) is 0 Å². The summed E-state index contributed by atoms with van der Waals surface area (Å²) in [5.74, 6) is -4.22. The van der Waals surface area contributed by atoms with E-state index < -0.39 is 66.2 Å².